The second kappa shape index (κ2) is 8.35. The third kappa shape index (κ3) is 5.07. The highest BCUT2D eigenvalue weighted by atomic mass is 16.3. The molecule has 27 heavy (non-hydrogen) atoms. The molecule has 2 aromatic carbocycles. The fraction of sp³-hybridized carbons (Fsp3) is 0.250. The molecule has 3 rings (SSSR count). The van der Waals surface area contributed by atoms with Gasteiger partial charge in [-0.15, -0.1) is 0 Å². The molecule has 0 saturated heterocycles. The van der Waals surface area contributed by atoms with Gasteiger partial charge in [0.25, 0.3) is 5.91 Å². The van der Waals surface area contributed by atoms with E-state index in [4.69, 9.17) is 0 Å². The van der Waals surface area contributed by atoms with Crippen LogP contribution in [0.3, 0.4) is 0 Å². The number of H-pyrrole nitrogens is 1. The predicted octanol–water partition coefficient (Wildman–Crippen LogP) is 2.14. The second-order valence-electron chi connectivity index (χ2n) is 6.52. The summed E-state index contributed by atoms with van der Waals surface area (Å²) in [7, 11) is 0. The molecule has 4 N–H and O–H groups in total. The van der Waals surface area contributed by atoms with Gasteiger partial charge in [0.1, 0.15) is 5.75 Å². The predicted molar refractivity (Wildman–Crippen MR) is 102 cm³/mol. The molecule has 0 bridgehead atoms. The molecule has 0 spiro atoms. The first-order chi connectivity index (χ1) is 13.0. The highest BCUT2D eigenvalue weighted by molar-refractivity contribution is 5.98. The molecule has 1 unspecified atom stereocenters. The Morgan fingerprint density at radius 3 is 2.89 bits per heavy atom. The van der Waals surface area contributed by atoms with Crippen molar-refractivity contribution in [2.75, 3.05) is 6.54 Å². The summed E-state index contributed by atoms with van der Waals surface area (Å²) in [6.07, 6.45) is 2.48. The Balaban J connectivity index is 1.42. The number of aromatic nitrogens is 2. The van der Waals surface area contributed by atoms with E-state index < -0.39 is 0 Å². The average molecular weight is 366 g/mol. The Morgan fingerprint density at radius 2 is 2.07 bits per heavy atom. The van der Waals surface area contributed by atoms with E-state index in [1.54, 1.807) is 42.6 Å². The summed E-state index contributed by atoms with van der Waals surface area (Å²) in [6.45, 7) is 2.16. The summed E-state index contributed by atoms with van der Waals surface area (Å²) in [5.41, 5.74) is 2.35. The van der Waals surface area contributed by atoms with Gasteiger partial charge in [-0.2, -0.15) is 5.10 Å². The molecule has 7 nitrogen and oxygen atoms in total. The first kappa shape index (κ1) is 18.4. The van der Waals surface area contributed by atoms with Gasteiger partial charge >= 0.3 is 0 Å². The number of rotatable bonds is 7. The van der Waals surface area contributed by atoms with Crippen molar-refractivity contribution < 1.29 is 14.7 Å². The molecule has 1 aromatic heterocycles. The zero-order valence-corrected chi connectivity index (χ0v) is 15.0. The highest BCUT2D eigenvalue weighted by Gasteiger charge is 2.11. The Kier molecular flexibility index (Phi) is 5.71. The molecule has 0 fully saturated rings. The van der Waals surface area contributed by atoms with Gasteiger partial charge in [-0.25, -0.2) is 0 Å². The topological polar surface area (TPSA) is 107 Å². The van der Waals surface area contributed by atoms with Crippen molar-refractivity contribution >= 4 is 22.7 Å². The van der Waals surface area contributed by atoms with Gasteiger partial charge < -0.3 is 15.7 Å². The number of aromatic amines is 1. The van der Waals surface area contributed by atoms with Crippen LogP contribution in [0.25, 0.3) is 10.9 Å². The maximum Gasteiger partial charge on any atom is 0.251 e. The third-order valence-corrected chi connectivity index (χ3v) is 4.20. The standard InChI is InChI=1S/C20H22N4O3/c1-13(9-14-3-2-4-17(25)10-14)23-19(26)7-8-21-20(27)15-5-6-18-16(11-15)12-22-24-18/h2-6,10-13,25H,7-9H2,1H3,(H,21,27)(H,22,24)(H,23,26). The van der Waals surface area contributed by atoms with E-state index in [1.165, 1.54) is 0 Å². The third-order valence-electron chi connectivity index (χ3n) is 4.20. The van der Waals surface area contributed by atoms with Crippen molar-refractivity contribution in [3.63, 3.8) is 0 Å². The number of nitrogens with zero attached hydrogens (tertiary/aromatic N) is 1. The molecular weight excluding hydrogens is 344 g/mol. The molecular formula is C20H22N4O3. The van der Waals surface area contributed by atoms with Crippen LogP contribution >= 0.6 is 0 Å². The Hall–Kier alpha value is -3.35. The van der Waals surface area contributed by atoms with Gasteiger partial charge in [0.2, 0.25) is 5.91 Å². The van der Waals surface area contributed by atoms with Crippen LogP contribution in [0.1, 0.15) is 29.3 Å². The minimum Gasteiger partial charge on any atom is -0.508 e. The van der Waals surface area contributed by atoms with Crippen molar-refractivity contribution in [3.05, 3.63) is 59.8 Å². The van der Waals surface area contributed by atoms with Crippen molar-refractivity contribution in [1.82, 2.24) is 20.8 Å². The normalized spacial score (nSPS) is 11.9. The SMILES string of the molecule is CC(Cc1cccc(O)c1)NC(=O)CCNC(=O)c1ccc2[nH]ncc2c1. The van der Waals surface area contributed by atoms with E-state index in [9.17, 15) is 14.7 Å². The smallest absolute Gasteiger partial charge is 0.251 e. The van der Waals surface area contributed by atoms with Crippen molar-refractivity contribution in [2.45, 2.75) is 25.8 Å². The fourth-order valence-electron chi connectivity index (χ4n) is 2.91. The Bertz CT molecular complexity index is 951. The molecule has 0 aliphatic rings. The van der Waals surface area contributed by atoms with E-state index in [0.717, 1.165) is 16.5 Å². The number of phenols is 1. The second-order valence-corrected chi connectivity index (χ2v) is 6.52. The van der Waals surface area contributed by atoms with Gasteiger partial charge in [-0.05, 0) is 49.2 Å². The first-order valence-corrected chi connectivity index (χ1v) is 8.80. The lowest BCUT2D eigenvalue weighted by atomic mass is 10.1. The lowest BCUT2D eigenvalue weighted by molar-refractivity contribution is -0.121. The quantitative estimate of drug-likeness (QED) is 0.514. The number of hydrogen-bond donors (Lipinski definition) is 4. The number of carbonyl (C=O) groups excluding carboxylic acids is 2. The van der Waals surface area contributed by atoms with E-state index in [2.05, 4.69) is 20.8 Å². The van der Waals surface area contributed by atoms with Crippen LogP contribution in [0.2, 0.25) is 0 Å². The minimum atomic E-state index is -0.223. The summed E-state index contributed by atoms with van der Waals surface area (Å²) in [5, 5.41) is 22.8. The maximum absolute atomic E-state index is 12.2. The molecule has 1 atom stereocenters. The Morgan fingerprint density at radius 1 is 1.22 bits per heavy atom. The number of hydrogen-bond acceptors (Lipinski definition) is 4. The van der Waals surface area contributed by atoms with Crippen molar-refractivity contribution in [3.8, 4) is 5.75 Å². The zero-order chi connectivity index (χ0) is 19.2. The first-order valence-electron chi connectivity index (χ1n) is 8.80. The van der Waals surface area contributed by atoms with Crippen LogP contribution in [0.15, 0.2) is 48.7 Å². The summed E-state index contributed by atoms with van der Waals surface area (Å²) in [4.78, 5) is 24.2. The van der Waals surface area contributed by atoms with Crippen molar-refractivity contribution in [2.24, 2.45) is 0 Å². The number of benzene rings is 2. The van der Waals surface area contributed by atoms with Crippen molar-refractivity contribution in [1.29, 1.82) is 0 Å². The monoisotopic (exact) mass is 366 g/mol. The molecule has 1 heterocycles. The molecule has 0 saturated carbocycles. The van der Waals surface area contributed by atoms with Crippen LogP contribution in [0.5, 0.6) is 5.75 Å². The van der Waals surface area contributed by atoms with Gasteiger partial charge in [0.05, 0.1) is 11.7 Å². The van der Waals surface area contributed by atoms with E-state index >= 15 is 0 Å². The van der Waals surface area contributed by atoms with Gasteiger partial charge in [0, 0.05) is 30.0 Å². The number of amides is 2. The summed E-state index contributed by atoms with van der Waals surface area (Å²) in [6, 6.07) is 12.2. The molecule has 0 aliphatic carbocycles. The summed E-state index contributed by atoms with van der Waals surface area (Å²) < 4.78 is 0. The van der Waals surface area contributed by atoms with Crippen LogP contribution in [-0.4, -0.2) is 39.7 Å². The molecule has 2 amide bonds. The van der Waals surface area contributed by atoms with Gasteiger partial charge in [-0.3, -0.25) is 14.7 Å². The number of nitrogens with one attached hydrogen (secondary N) is 3. The minimum absolute atomic E-state index is 0.0708. The van der Waals surface area contributed by atoms with E-state index in [-0.39, 0.29) is 36.6 Å². The molecule has 3 aromatic rings. The van der Waals surface area contributed by atoms with E-state index in [0.29, 0.717) is 12.0 Å². The number of phenolic OH excluding ortho intramolecular Hbond substituents is 1. The number of carbonyl (C=O) groups is 2. The zero-order valence-electron chi connectivity index (χ0n) is 15.0. The van der Waals surface area contributed by atoms with E-state index in [1.807, 2.05) is 13.0 Å². The molecule has 140 valence electrons. The number of fused-ring (bicyclic) bond motifs is 1. The lowest BCUT2D eigenvalue weighted by Gasteiger charge is -2.14. The Labute approximate surface area is 156 Å². The molecule has 0 aliphatic heterocycles. The van der Waals surface area contributed by atoms with Crippen LogP contribution in [-0.2, 0) is 11.2 Å². The number of aromatic hydroxyl groups is 1. The van der Waals surface area contributed by atoms with Gasteiger partial charge in [-0.1, -0.05) is 12.1 Å². The summed E-state index contributed by atoms with van der Waals surface area (Å²) in [5.74, 6) is -0.144. The van der Waals surface area contributed by atoms with Gasteiger partial charge in [0.15, 0.2) is 0 Å². The molecule has 7 heteroatoms. The largest absolute Gasteiger partial charge is 0.508 e. The molecule has 0 radical (unpaired) electrons. The fourth-order valence-corrected chi connectivity index (χ4v) is 2.91. The summed E-state index contributed by atoms with van der Waals surface area (Å²) >= 11 is 0. The highest BCUT2D eigenvalue weighted by Crippen LogP contribution is 2.13. The van der Waals surface area contributed by atoms with Crippen LogP contribution in [0.4, 0.5) is 0 Å². The average Bonchev–Trinajstić information content (AvgIpc) is 3.09. The maximum atomic E-state index is 12.2. The van der Waals surface area contributed by atoms with Crippen LogP contribution in [0, 0.1) is 0 Å². The lowest BCUT2D eigenvalue weighted by Crippen LogP contribution is -2.36. The van der Waals surface area contributed by atoms with Crippen LogP contribution < -0.4 is 10.6 Å².